The third-order valence-corrected chi connectivity index (χ3v) is 5.28. The smallest absolute Gasteiger partial charge is 0.338 e. The van der Waals surface area contributed by atoms with Crippen molar-refractivity contribution in [3.05, 3.63) is 65.7 Å². The van der Waals surface area contributed by atoms with Crippen LogP contribution in [0.3, 0.4) is 0 Å². The van der Waals surface area contributed by atoms with E-state index < -0.39 is 28.0 Å². The average Bonchev–Trinajstić information content (AvgIpc) is 2.70. The van der Waals surface area contributed by atoms with Gasteiger partial charge in [0.2, 0.25) is 10.0 Å². The Hall–Kier alpha value is -2.71. The van der Waals surface area contributed by atoms with Crippen LogP contribution in [0.2, 0.25) is 0 Å². The number of carbonyl (C=O) groups excluding carboxylic acids is 2. The maximum Gasteiger partial charge on any atom is 0.338 e. The molecule has 0 aliphatic rings. The fraction of sp³-hybridized carbons (Fsp3) is 0.263. The van der Waals surface area contributed by atoms with Crippen LogP contribution in [0.4, 0.5) is 0 Å². The molecule has 2 rings (SSSR count). The van der Waals surface area contributed by atoms with Gasteiger partial charge >= 0.3 is 5.97 Å². The molecule has 27 heavy (non-hydrogen) atoms. The van der Waals surface area contributed by atoms with Gasteiger partial charge in [0, 0.05) is 6.54 Å². The van der Waals surface area contributed by atoms with Crippen LogP contribution in [0.25, 0.3) is 0 Å². The number of ether oxygens (including phenoxy) is 1. The molecule has 0 heterocycles. The van der Waals surface area contributed by atoms with E-state index in [1.807, 2.05) is 30.3 Å². The van der Waals surface area contributed by atoms with Gasteiger partial charge in [0.05, 0.1) is 10.5 Å². The molecule has 0 aromatic heterocycles. The molecule has 1 unspecified atom stereocenters. The van der Waals surface area contributed by atoms with E-state index in [4.69, 9.17) is 4.74 Å². The molecule has 0 aliphatic heterocycles. The van der Waals surface area contributed by atoms with Gasteiger partial charge in [-0.2, -0.15) is 0 Å². The number of benzene rings is 2. The molecule has 0 fully saturated rings. The number of rotatable bonds is 8. The molecule has 0 bridgehead atoms. The molecule has 7 nitrogen and oxygen atoms in total. The second-order valence-electron chi connectivity index (χ2n) is 5.74. The number of hydrogen-bond donors (Lipinski definition) is 2. The number of hydrogen-bond acceptors (Lipinski definition) is 5. The minimum atomic E-state index is -3.68. The first kappa shape index (κ1) is 20.6. The largest absolute Gasteiger partial charge is 0.449 e. The van der Waals surface area contributed by atoms with Crippen molar-refractivity contribution in [2.75, 3.05) is 7.05 Å². The van der Waals surface area contributed by atoms with Crippen molar-refractivity contribution in [1.29, 1.82) is 0 Å². The zero-order valence-electron chi connectivity index (χ0n) is 15.1. The maximum atomic E-state index is 12.3. The van der Waals surface area contributed by atoms with Gasteiger partial charge < -0.3 is 10.1 Å². The maximum absolute atomic E-state index is 12.3. The Balaban J connectivity index is 2.04. The molecule has 1 amide bonds. The van der Waals surface area contributed by atoms with Crippen molar-refractivity contribution in [2.24, 2.45) is 0 Å². The molecule has 0 saturated heterocycles. The van der Waals surface area contributed by atoms with Gasteiger partial charge in [-0.05, 0) is 37.2 Å². The number of carbonyl (C=O) groups is 2. The summed E-state index contributed by atoms with van der Waals surface area (Å²) >= 11 is 0. The van der Waals surface area contributed by atoms with Crippen molar-refractivity contribution >= 4 is 21.9 Å². The van der Waals surface area contributed by atoms with Crippen LogP contribution >= 0.6 is 0 Å². The molecule has 2 N–H and O–H groups in total. The summed E-state index contributed by atoms with van der Waals surface area (Å²) in [7, 11) is -2.40. The second-order valence-corrected chi connectivity index (χ2v) is 7.63. The molecule has 2 aromatic rings. The molecule has 0 saturated carbocycles. The highest BCUT2D eigenvalue weighted by molar-refractivity contribution is 7.89. The second kappa shape index (κ2) is 9.29. The summed E-state index contributed by atoms with van der Waals surface area (Å²) in [5.41, 5.74) is 0.984. The Bertz CT molecular complexity index is 897. The first-order chi connectivity index (χ1) is 12.9. The topological polar surface area (TPSA) is 102 Å². The summed E-state index contributed by atoms with van der Waals surface area (Å²) in [6, 6.07) is 14.8. The molecule has 0 spiro atoms. The first-order valence-corrected chi connectivity index (χ1v) is 9.92. The molecule has 0 radical (unpaired) electrons. The zero-order valence-corrected chi connectivity index (χ0v) is 16.0. The molecule has 0 aliphatic carbocycles. The number of amides is 1. The zero-order chi connectivity index (χ0) is 19.9. The first-order valence-electron chi connectivity index (χ1n) is 8.43. The summed E-state index contributed by atoms with van der Waals surface area (Å²) in [6.45, 7) is 2.05. The number of esters is 1. The fourth-order valence-corrected chi connectivity index (χ4v) is 3.10. The Morgan fingerprint density at radius 1 is 1.07 bits per heavy atom. The molecule has 2 aromatic carbocycles. The Morgan fingerprint density at radius 3 is 2.41 bits per heavy atom. The standard InChI is InChI=1S/C19H22N2O5S/c1-3-17(18(22)21-13-14-8-5-4-6-9-14)26-19(23)15-10-7-11-16(12-15)27(24,25)20-2/h4-12,17,20H,3,13H2,1-2H3,(H,21,22). The lowest BCUT2D eigenvalue weighted by molar-refractivity contribution is -0.130. The van der Waals surface area contributed by atoms with Gasteiger partial charge in [-0.1, -0.05) is 43.3 Å². The van der Waals surface area contributed by atoms with E-state index in [0.29, 0.717) is 13.0 Å². The summed E-state index contributed by atoms with van der Waals surface area (Å²) < 4.78 is 31.2. The predicted octanol–water partition coefficient (Wildman–Crippen LogP) is 1.85. The minimum absolute atomic E-state index is 0.0546. The molecule has 8 heteroatoms. The van der Waals surface area contributed by atoms with E-state index >= 15 is 0 Å². The van der Waals surface area contributed by atoms with E-state index in [1.165, 1.54) is 31.3 Å². The highest BCUT2D eigenvalue weighted by Crippen LogP contribution is 2.13. The molecular weight excluding hydrogens is 368 g/mol. The predicted molar refractivity (Wildman–Crippen MR) is 100 cm³/mol. The van der Waals surface area contributed by atoms with Crippen LogP contribution in [-0.2, 0) is 26.1 Å². The van der Waals surface area contributed by atoms with E-state index in [1.54, 1.807) is 6.92 Å². The van der Waals surface area contributed by atoms with E-state index in [2.05, 4.69) is 10.0 Å². The Morgan fingerprint density at radius 2 is 1.78 bits per heavy atom. The number of nitrogens with one attached hydrogen (secondary N) is 2. The SMILES string of the molecule is CCC(OC(=O)c1cccc(S(=O)(=O)NC)c1)C(=O)NCc1ccccc1. The van der Waals surface area contributed by atoms with Crippen LogP contribution in [-0.4, -0.2) is 33.4 Å². The van der Waals surface area contributed by atoms with Crippen molar-refractivity contribution in [3.8, 4) is 0 Å². The van der Waals surface area contributed by atoms with Crippen LogP contribution in [0, 0.1) is 0 Å². The Kier molecular flexibility index (Phi) is 7.09. The van der Waals surface area contributed by atoms with Crippen molar-refractivity contribution < 1.29 is 22.7 Å². The van der Waals surface area contributed by atoms with Crippen molar-refractivity contribution in [3.63, 3.8) is 0 Å². The summed E-state index contributed by atoms with van der Waals surface area (Å²) in [6.07, 6.45) is -0.674. The van der Waals surface area contributed by atoms with Crippen LogP contribution in [0.1, 0.15) is 29.3 Å². The minimum Gasteiger partial charge on any atom is -0.449 e. The lowest BCUT2D eigenvalue weighted by Gasteiger charge is -2.16. The van der Waals surface area contributed by atoms with Crippen LogP contribution in [0.15, 0.2) is 59.5 Å². The van der Waals surface area contributed by atoms with E-state index in [0.717, 1.165) is 5.56 Å². The molecule has 1 atom stereocenters. The molecule has 144 valence electrons. The lowest BCUT2D eigenvalue weighted by atomic mass is 10.2. The van der Waals surface area contributed by atoms with Crippen LogP contribution < -0.4 is 10.0 Å². The van der Waals surface area contributed by atoms with Crippen molar-refractivity contribution in [2.45, 2.75) is 30.9 Å². The van der Waals surface area contributed by atoms with Gasteiger partial charge in [-0.3, -0.25) is 4.79 Å². The number of sulfonamides is 1. The fourth-order valence-electron chi connectivity index (χ4n) is 2.33. The summed E-state index contributed by atoms with van der Waals surface area (Å²) in [5, 5.41) is 2.73. The average molecular weight is 390 g/mol. The quantitative estimate of drug-likeness (QED) is 0.670. The normalized spacial score (nSPS) is 12.2. The monoisotopic (exact) mass is 390 g/mol. The summed E-state index contributed by atoms with van der Waals surface area (Å²) in [4.78, 5) is 24.6. The lowest BCUT2D eigenvalue weighted by Crippen LogP contribution is -2.37. The highest BCUT2D eigenvalue weighted by Gasteiger charge is 2.22. The van der Waals surface area contributed by atoms with Gasteiger partial charge in [-0.25, -0.2) is 17.9 Å². The van der Waals surface area contributed by atoms with Crippen LogP contribution in [0.5, 0.6) is 0 Å². The van der Waals surface area contributed by atoms with Gasteiger partial charge in [0.1, 0.15) is 0 Å². The third-order valence-electron chi connectivity index (χ3n) is 3.87. The Labute approximate surface area is 158 Å². The van der Waals surface area contributed by atoms with Gasteiger partial charge in [0.25, 0.3) is 5.91 Å². The summed E-state index contributed by atoms with van der Waals surface area (Å²) in [5.74, 6) is -1.17. The van der Waals surface area contributed by atoms with E-state index in [9.17, 15) is 18.0 Å². The van der Waals surface area contributed by atoms with Gasteiger partial charge in [0.15, 0.2) is 6.10 Å². The molecular formula is C19H22N2O5S. The highest BCUT2D eigenvalue weighted by atomic mass is 32.2. The van der Waals surface area contributed by atoms with Crippen molar-refractivity contribution in [1.82, 2.24) is 10.0 Å². The van der Waals surface area contributed by atoms with Gasteiger partial charge in [-0.15, -0.1) is 0 Å². The van der Waals surface area contributed by atoms with E-state index in [-0.39, 0.29) is 10.5 Å². The third kappa shape index (κ3) is 5.63.